The molecule has 130 valence electrons. The minimum Gasteiger partial charge on any atom is -0.481 e. The topological polar surface area (TPSA) is 130 Å². The van der Waals surface area contributed by atoms with Gasteiger partial charge in [0.15, 0.2) is 0 Å². The summed E-state index contributed by atoms with van der Waals surface area (Å²) in [5.41, 5.74) is -0.358. The molecule has 0 aliphatic rings. The molecule has 3 N–H and O–H groups in total. The first-order chi connectivity index (χ1) is 10.6. The third-order valence-electron chi connectivity index (χ3n) is 2.62. The van der Waals surface area contributed by atoms with E-state index in [0.717, 1.165) is 12.1 Å². The maximum atomic E-state index is 13.9. The standard InChI is InChI=1S/C12H17FN2O6S2/c1-2-7-22(18,19)15-11-4-3-9(8-10(11)13)23(20,21)14-6-5-12(16)17/h3-4,8,14-15H,2,5-7H2,1H3,(H,16,17). The molecule has 0 radical (unpaired) electrons. The summed E-state index contributed by atoms with van der Waals surface area (Å²) >= 11 is 0. The van der Waals surface area contributed by atoms with Crippen molar-refractivity contribution in [3.05, 3.63) is 24.0 Å². The van der Waals surface area contributed by atoms with Gasteiger partial charge in [0.25, 0.3) is 0 Å². The van der Waals surface area contributed by atoms with E-state index in [0.29, 0.717) is 12.5 Å². The van der Waals surface area contributed by atoms with Gasteiger partial charge < -0.3 is 5.11 Å². The van der Waals surface area contributed by atoms with E-state index in [1.54, 1.807) is 6.92 Å². The lowest BCUT2D eigenvalue weighted by Gasteiger charge is -2.10. The zero-order valence-corrected chi connectivity index (χ0v) is 13.9. The molecule has 0 aliphatic heterocycles. The van der Waals surface area contributed by atoms with Gasteiger partial charge in [-0.2, -0.15) is 0 Å². The molecule has 1 aromatic rings. The Kier molecular flexibility index (Phi) is 6.47. The highest BCUT2D eigenvalue weighted by Crippen LogP contribution is 2.20. The molecule has 0 heterocycles. The van der Waals surface area contributed by atoms with Crippen LogP contribution in [0.2, 0.25) is 0 Å². The van der Waals surface area contributed by atoms with Crippen molar-refractivity contribution in [3.63, 3.8) is 0 Å². The summed E-state index contributed by atoms with van der Waals surface area (Å²) in [6.45, 7) is 1.30. The highest BCUT2D eigenvalue weighted by molar-refractivity contribution is 7.92. The molecule has 0 saturated carbocycles. The van der Waals surface area contributed by atoms with Crippen molar-refractivity contribution >= 4 is 31.7 Å². The van der Waals surface area contributed by atoms with Gasteiger partial charge in [0.1, 0.15) is 5.82 Å². The Morgan fingerprint density at radius 1 is 1.26 bits per heavy atom. The Morgan fingerprint density at radius 3 is 2.43 bits per heavy atom. The zero-order chi connectivity index (χ0) is 17.7. The number of carbonyl (C=O) groups is 1. The number of carboxylic acid groups (broad SMARTS) is 1. The van der Waals surface area contributed by atoms with Gasteiger partial charge >= 0.3 is 5.97 Å². The molecule has 0 aromatic heterocycles. The zero-order valence-electron chi connectivity index (χ0n) is 12.2. The van der Waals surface area contributed by atoms with Crippen molar-refractivity contribution in [1.29, 1.82) is 0 Å². The number of nitrogens with one attached hydrogen (secondary N) is 2. The fourth-order valence-electron chi connectivity index (χ4n) is 1.61. The van der Waals surface area contributed by atoms with Crippen LogP contribution in [0.4, 0.5) is 10.1 Å². The van der Waals surface area contributed by atoms with Crippen LogP contribution in [-0.2, 0) is 24.8 Å². The van der Waals surface area contributed by atoms with Crippen LogP contribution in [0.25, 0.3) is 0 Å². The van der Waals surface area contributed by atoms with Crippen LogP contribution in [0.1, 0.15) is 19.8 Å². The third kappa shape index (κ3) is 6.12. The van der Waals surface area contributed by atoms with E-state index in [9.17, 15) is 26.0 Å². The van der Waals surface area contributed by atoms with E-state index < -0.39 is 43.1 Å². The Morgan fingerprint density at radius 2 is 1.91 bits per heavy atom. The van der Waals surface area contributed by atoms with E-state index in [-0.39, 0.29) is 18.0 Å². The monoisotopic (exact) mass is 368 g/mol. The first kappa shape index (κ1) is 19.3. The lowest BCUT2D eigenvalue weighted by Crippen LogP contribution is -2.26. The molecule has 0 atom stereocenters. The van der Waals surface area contributed by atoms with Crippen molar-refractivity contribution in [2.75, 3.05) is 17.0 Å². The quantitative estimate of drug-likeness (QED) is 0.589. The second-order valence-corrected chi connectivity index (χ2v) is 8.21. The third-order valence-corrected chi connectivity index (χ3v) is 5.56. The van der Waals surface area contributed by atoms with Crippen molar-refractivity contribution in [2.24, 2.45) is 0 Å². The van der Waals surface area contributed by atoms with E-state index in [2.05, 4.69) is 0 Å². The van der Waals surface area contributed by atoms with E-state index in [4.69, 9.17) is 5.11 Å². The Balaban J connectivity index is 2.93. The van der Waals surface area contributed by atoms with Gasteiger partial charge in [-0.05, 0) is 24.6 Å². The second kappa shape index (κ2) is 7.70. The molecule has 0 amide bonds. The Hall–Kier alpha value is -1.72. The Labute approximate surface area is 133 Å². The molecule has 0 saturated heterocycles. The SMILES string of the molecule is CCCS(=O)(=O)Nc1ccc(S(=O)(=O)NCCC(=O)O)cc1F. The number of carboxylic acids is 1. The summed E-state index contributed by atoms with van der Waals surface area (Å²) in [7, 11) is -7.78. The van der Waals surface area contributed by atoms with Gasteiger partial charge in [0.2, 0.25) is 20.0 Å². The van der Waals surface area contributed by atoms with Crippen LogP contribution >= 0.6 is 0 Å². The molecule has 23 heavy (non-hydrogen) atoms. The lowest BCUT2D eigenvalue weighted by molar-refractivity contribution is -0.136. The summed E-state index contributed by atoms with van der Waals surface area (Å²) in [6, 6.07) is 2.68. The average molecular weight is 368 g/mol. The fourth-order valence-corrected chi connectivity index (χ4v) is 3.79. The van der Waals surface area contributed by atoms with E-state index in [1.807, 2.05) is 9.44 Å². The lowest BCUT2D eigenvalue weighted by atomic mass is 10.3. The van der Waals surface area contributed by atoms with Crippen LogP contribution < -0.4 is 9.44 Å². The molecule has 0 spiro atoms. The summed E-state index contributed by atoms with van der Waals surface area (Å²) in [6.07, 6.45) is -0.0759. The van der Waals surface area contributed by atoms with Gasteiger partial charge in [0.05, 0.1) is 22.8 Å². The van der Waals surface area contributed by atoms with Gasteiger partial charge in [-0.15, -0.1) is 0 Å². The molecule has 0 bridgehead atoms. The number of anilines is 1. The Bertz CT molecular complexity index is 777. The maximum Gasteiger partial charge on any atom is 0.304 e. The number of benzene rings is 1. The summed E-state index contributed by atoms with van der Waals surface area (Å²) in [5, 5.41) is 8.45. The van der Waals surface area contributed by atoms with Gasteiger partial charge in [0, 0.05) is 6.54 Å². The van der Waals surface area contributed by atoms with Crippen molar-refractivity contribution in [2.45, 2.75) is 24.7 Å². The molecule has 11 heteroatoms. The van der Waals surface area contributed by atoms with Crippen LogP contribution in [-0.4, -0.2) is 40.2 Å². The first-order valence-corrected chi connectivity index (χ1v) is 9.72. The highest BCUT2D eigenvalue weighted by Gasteiger charge is 2.18. The van der Waals surface area contributed by atoms with Gasteiger partial charge in [-0.3, -0.25) is 9.52 Å². The first-order valence-electron chi connectivity index (χ1n) is 6.59. The fraction of sp³-hybridized carbons (Fsp3) is 0.417. The van der Waals surface area contributed by atoms with Crippen molar-refractivity contribution in [1.82, 2.24) is 4.72 Å². The van der Waals surface area contributed by atoms with Gasteiger partial charge in [-0.1, -0.05) is 6.92 Å². The van der Waals surface area contributed by atoms with Crippen LogP contribution in [0.5, 0.6) is 0 Å². The number of halogens is 1. The van der Waals surface area contributed by atoms with Crippen LogP contribution in [0, 0.1) is 5.82 Å². The predicted molar refractivity (Wildman–Crippen MR) is 81.5 cm³/mol. The summed E-state index contributed by atoms with van der Waals surface area (Å²) in [4.78, 5) is 9.91. The summed E-state index contributed by atoms with van der Waals surface area (Å²) in [5.74, 6) is -2.42. The molecule has 8 nitrogen and oxygen atoms in total. The van der Waals surface area contributed by atoms with E-state index >= 15 is 0 Å². The highest BCUT2D eigenvalue weighted by atomic mass is 32.2. The number of hydrogen-bond donors (Lipinski definition) is 3. The van der Waals surface area contributed by atoms with Gasteiger partial charge in [-0.25, -0.2) is 25.9 Å². The maximum absolute atomic E-state index is 13.9. The molecule has 0 unspecified atom stereocenters. The predicted octanol–water partition coefficient (Wildman–Crippen LogP) is 0.730. The van der Waals surface area contributed by atoms with Crippen molar-refractivity contribution < 1.29 is 31.1 Å². The molecule has 0 fully saturated rings. The molecular weight excluding hydrogens is 351 g/mol. The number of aliphatic carboxylic acids is 1. The normalized spacial score (nSPS) is 12.1. The number of hydrogen-bond acceptors (Lipinski definition) is 5. The smallest absolute Gasteiger partial charge is 0.304 e. The number of rotatable bonds is 9. The van der Waals surface area contributed by atoms with E-state index in [1.165, 1.54) is 0 Å². The van der Waals surface area contributed by atoms with Crippen LogP contribution in [0.3, 0.4) is 0 Å². The average Bonchev–Trinajstić information content (AvgIpc) is 2.40. The van der Waals surface area contributed by atoms with Crippen molar-refractivity contribution in [3.8, 4) is 0 Å². The summed E-state index contributed by atoms with van der Waals surface area (Å²) < 4.78 is 64.8. The molecule has 1 aromatic carbocycles. The minimum absolute atomic E-state index is 0.191. The number of sulfonamides is 2. The largest absolute Gasteiger partial charge is 0.481 e. The molecule has 1 rings (SSSR count). The minimum atomic E-state index is -4.08. The molecule has 0 aliphatic carbocycles. The second-order valence-electron chi connectivity index (χ2n) is 4.60. The van der Waals surface area contributed by atoms with Crippen LogP contribution in [0.15, 0.2) is 23.1 Å². The molecular formula is C12H17FN2O6S2.